The van der Waals surface area contributed by atoms with E-state index in [1.165, 1.54) is 0 Å². The molecule has 3 aromatic rings. The normalized spacial score (nSPS) is 15.5. The second-order valence-electron chi connectivity index (χ2n) is 7.84. The zero-order valence-corrected chi connectivity index (χ0v) is 18.3. The maximum atomic E-state index is 12.3. The first-order chi connectivity index (χ1) is 15.7. The minimum absolute atomic E-state index is 0.0275. The summed E-state index contributed by atoms with van der Waals surface area (Å²) in [5.74, 6) is 2.92. The summed E-state index contributed by atoms with van der Waals surface area (Å²) in [6.45, 7) is 1.75. The van der Waals surface area contributed by atoms with Gasteiger partial charge in [0.25, 0.3) is 0 Å². The summed E-state index contributed by atoms with van der Waals surface area (Å²) in [6, 6.07) is 19.5. The van der Waals surface area contributed by atoms with E-state index in [2.05, 4.69) is 5.32 Å². The standard InChI is InChI=1S/C26H29NO5/c1-29-25-16-19(9-12-24(25)31-18-22-8-5-15-30-22)17-27-26(28)14-11-21-10-13-23(32-21)20-6-3-2-4-7-20/h2-4,6-7,9-10,12-13,16,22H,5,8,11,14-15,17-18H2,1H3,(H,27,28). The van der Waals surface area contributed by atoms with Crippen LogP contribution < -0.4 is 14.8 Å². The molecule has 1 saturated heterocycles. The number of hydrogen-bond donors (Lipinski definition) is 1. The van der Waals surface area contributed by atoms with Crippen LogP contribution in [0.2, 0.25) is 0 Å². The molecule has 0 bridgehead atoms. The van der Waals surface area contributed by atoms with Gasteiger partial charge in [0.15, 0.2) is 11.5 Å². The first kappa shape index (κ1) is 22.0. The van der Waals surface area contributed by atoms with Crippen molar-refractivity contribution < 1.29 is 23.4 Å². The van der Waals surface area contributed by atoms with Crippen molar-refractivity contribution >= 4 is 5.91 Å². The van der Waals surface area contributed by atoms with Gasteiger partial charge in [-0.15, -0.1) is 0 Å². The third-order valence-electron chi connectivity index (χ3n) is 5.48. The van der Waals surface area contributed by atoms with Gasteiger partial charge in [-0.25, -0.2) is 0 Å². The summed E-state index contributed by atoms with van der Waals surface area (Å²) < 4.78 is 22.8. The molecule has 32 heavy (non-hydrogen) atoms. The van der Waals surface area contributed by atoms with Crippen LogP contribution in [-0.4, -0.2) is 32.3 Å². The third kappa shape index (κ3) is 5.92. The molecule has 2 aromatic carbocycles. The maximum Gasteiger partial charge on any atom is 0.220 e. The van der Waals surface area contributed by atoms with Crippen molar-refractivity contribution in [1.29, 1.82) is 0 Å². The monoisotopic (exact) mass is 435 g/mol. The Bertz CT molecular complexity index is 1010. The molecule has 2 heterocycles. The van der Waals surface area contributed by atoms with Crippen molar-refractivity contribution in [1.82, 2.24) is 5.32 Å². The number of benzene rings is 2. The maximum absolute atomic E-state index is 12.3. The van der Waals surface area contributed by atoms with E-state index < -0.39 is 0 Å². The predicted octanol–water partition coefficient (Wildman–Crippen LogP) is 4.76. The van der Waals surface area contributed by atoms with Gasteiger partial charge in [0, 0.05) is 31.6 Å². The van der Waals surface area contributed by atoms with Crippen molar-refractivity contribution in [2.75, 3.05) is 20.3 Å². The zero-order valence-electron chi connectivity index (χ0n) is 18.3. The van der Waals surface area contributed by atoms with Crippen molar-refractivity contribution in [3.05, 3.63) is 72.0 Å². The molecule has 1 aliphatic rings. The number of ether oxygens (including phenoxy) is 3. The molecule has 0 aliphatic carbocycles. The van der Waals surface area contributed by atoms with E-state index in [4.69, 9.17) is 18.6 Å². The Morgan fingerprint density at radius 3 is 2.75 bits per heavy atom. The smallest absolute Gasteiger partial charge is 0.220 e. The molecule has 1 aliphatic heterocycles. The molecule has 1 N–H and O–H groups in total. The highest BCUT2D eigenvalue weighted by Crippen LogP contribution is 2.29. The largest absolute Gasteiger partial charge is 0.493 e. The molecule has 168 valence electrons. The van der Waals surface area contributed by atoms with Crippen LogP contribution in [0.25, 0.3) is 11.3 Å². The summed E-state index contributed by atoms with van der Waals surface area (Å²) in [5.41, 5.74) is 1.98. The number of methoxy groups -OCH3 is 1. The molecule has 6 nitrogen and oxygen atoms in total. The summed E-state index contributed by atoms with van der Waals surface area (Å²) in [5, 5.41) is 2.96. The van der Waals surface area contributed by atoms with Crippen molar-refractivity contribution in [3.8, 4) is 22.8 Å². The Morgan fingerprint density at radius 2 is 1.97 bits per heavy atom. The fourth-order valence-electron chi connectivity index (χ4n) is 3.70. The van der Waals surface area contributed by atoms with Gasteiger partial charge in [-0.1, -0.05) is 36.4 Å². The fourth-order valence-corrected chi connectivity index (χ4v) is 3.70. The Kier molecular flexibility index (Phi) is 7.46. The fraction of sp³-hybridized carbons (Fsp3) is 0.346. The lowest BCUT2D eigenvalue weighted by atomic mass is 10.2. The van der Waals surface area contributed by atoms with E-state index in [-0.39, 0.29) is 12.0 Å². The minimum Gasteiger partial charge on any atom is -0.493 e. The number of rotatable bonds is 10. The summed E-state index contributed by atoms with van der Waals surface area (Å²) in [4.78, 5) is 12.3. The molecule has 0 spiro atoms. The molecule has 1 fully saturated rings. The number of hydrogen-bond acceptors (Lipinski definition) is 5. The molecule has 0 radical (unpaired) electrons. The number of amides is 1. The van der Waals surface area contributed by atoms with Crippen LogP contribution in [-0.2, 0) is 22.5 Å². The number of furan rings is 1. The third-order valence-corrected chi connectivity index (χ3v) is 5.48. The van der Waals surface area contributed by atoms with Crippen molar-refractivity contribution in [2.24, 2.45) is 0 Å². The highest BCUT2D eigenvalue weighted by molar-refractivity contribution is 5.76. The molecule has 1 atom stereocenters. The number of carbonyl (C=O) groups is 1. The van der Waals surface area contributed by atoms with Crippen LogP contribution >= 0.6 is 0 Å². The van der Waals surface area contributed by atoms with Crippen LogP contribution in [0, 0.1) is 0 Å². The summed E-state index contributed by atoms with van der Waals surface area (Å²) >= 11 is 0. The molecule has 4 rings (SSSR count). The van der Waals surface area contributed by atoms with Gasteiger partial charge < -0.3 is 23.9 Å². The molecule has 0 saturated carbocycles. The van der Waals surface area contributed by atoms with Crippen LogP contribution in [0.3, 0.4) is 0 Å². The molecule has 1 aromatic heterocycles. The Balaban J connectivity index is 1.24. The SMILES string of the molecule is COc1cc(CNC(=O)CCc2ccc(-c3ccccc3)o2)ccc1OCC1CCCO1. The van der Waals surface area contributed by atoms with Gasteiger partial charge in [0.1, 0.15) is 18.1 Å². The minimum atomic E-state index is -0.0275. The topological polar surface area (TPSA) is 69.9 Å². The van der Waals surface area contributed by atoms with E-state index in [0.29, 0.717) is 37.5 Å². The van der Waals surface area contributed by atoms with Crippen molar-refractivity contribution in [2.45, 2.75) is 38.3 Å². The van der Waals surface area contributed by atoms with E-state index >= 15 is 0 Å². The first-order valence-electron chi connectivity index (χ1n) is 11.0. The van der Waals surface area contributed by atoms with E-state index in [0.717, 1.165) is 42.1 Å². The van der Waals surface area contributed by atoms with Crippen LogP contribution in [0.15, 0.2) is 65.1 Å². The van der Waals surface area contributed by atoms with E-state index in [1.807, 2.05) is 60.7 Å². The van der Waals surface area contributed by atoms with E-state index in [9.17, 15) is 4.79 Å². The molecular formula is C26H29NO5. The average molecular weight is 436 g/mol. The Hall–Kier alpha value is -3.25. The van der Waals surface area contributed by atoms with Gasteiger partial charge in [0.2, 0.25) is 5.91 Å². The van der Waals surface area contributed by atoms with E-state index in [1.54, 1.807) is 7.11 Å². The first-order valence-corrected chi connectivity index (χ1v) is 11.0. The van der Waals surface area contributed by atoms with Crippen LogP contribution in [0.4, 0.5) is 0 Å². The second kappa shape index (κ2) is 10.9. The number of carbonyl (C=O) groups excluding carboxylic acids is 1. The summed E-state index contributed by atoms with van der Waals surface area (Å²) in [7, 11) is 1.61. The Morgan fingerprint density at radius 1 is 1.09 bits per heavy atom. The molecular weight excluding hydrogens is 406 g/mol. The van der Waals surface area contributed by atoms with Crippen LogP contribution in [0.1, 0.15) is 30.6 Å². The molecule has 6 heteroatoms. The van der Waals surface area contributed by atoms with Gasteiger partial charge in [0.05, 0.1) is 13.2 Å². The van der Waals surface area contributed by atoms with Gasteiger partial charge in [-0.2, -0.15) is 0 Å². The number of nitrogens with one attached hydrogen (secondary N) is 1. The lowest BCUT2D eigenvalue weighted by molar-refractivity contribution is -0.121. The van der Waals surface area contributed by atoms with Crippen molar-refractivity contribution in [3.63, 3.8) is 0 Å². The van der Waals surface area contributed by atoms with Gasteiger partial charge in [-0.3, -0.25) is 4.79 Å². The molecule has 1 unspecified atom stereocenters. The lowest BCUT2D eigenvalue weighted by Crippen LogP contribution is -2.23. The highest BCUT2D eigenvalue weighted by Gasteiger charge is 2.17. The predicted molar refractivity (Wildman–Crippen MR) is 122 cm³/mol. The van der Waals surface area contributed by atoms with Crippen LogP contribution in [0.5, 0.6) is 11.5 Å². The highest BCUT2D eigenvalue weighted by atomic mass is 16.5. The Labute approximate surface area is 188 Å². The average Bonchev–Trinajstić information content (AvgIpc) is 3.53. The lowest BCUT2D eigenvalue weighted by Gasteiger charge is -2.15. The van der Waals surface area contributed by atoms with Gasteiger partial charge >= 0.3 is 0 Å². The molecule has 1 amide bonds. The second-order valence-corrected chi connectivity index (χ2v) is 7.84. The zero-order chi connectivity index (χ0) is 22.2. The van der Waals surface area contributed by atoms with Gasteiger partial charge in [-0.05, 0) is 42.7 Å². The number of aryl methyl sites for hydroxylation is 1. The summed E-state index contributed by atoms with van der Waals surface area (Å²) in [6.07, 6.45) is 3.17. The quantitative estimate of drug-likeness (QED) is 0.497.